The molecule has 2 amide bonds. The van der Waals surface area contributed by atoms with E-state index in [-0.39, 0.29) is 24.3 Å². The number of amides is 2. The highest BCUT2D eigenvalue weighted by molar-refractivity contribution is 5.94. The van der Waals surface area contributed by atoms with Crippen molar-refractivity contribution in [3.8, 4) is 0 Å². The average molecular weight is 265 g/mol. The first-order valence-corrected chi connectivity index (χ1v) is 6.62. The van der Waals surface area contributed by atoms with E-state index in [0.717, 1.165) is 19.3 Å². The third-order valence-electron chi connectivity index (χ3n) is 2.96. The zero-order valence-electron chi connectivity index (χ0n) is 11.3. The van der Waals surface area contributed by atoms with Gasteiger partial charge in [-0.25, -0.2) is 0 Å². The quantitative estimate of drug-likeness (QED) is 0.847. The molecule has 1 aliphatic rings. The van der Waals surface area contributed by atoms with Gasteiger partial charge in [-0.3, -0.25) is 9.59 Å². The van der Waals surface area contributed by atoms with Gasteiger partial charge in [0.2, 0.25) is 11.8 Å². The van der Waals surface area contributed by atoms with Gasteiger partial charge >= 0.3 is 0 Å². The van der Waals surface area contributed by atoms with Crippen molar-refractivity contribution in [3.05, 3.63) is 11.8 Å². The van der Waals surface area contributed by atoms with Crippen LogP contribution in [0.1, 0.15) is 31.9 Å². The van der Waals surface area contributed by atoms with Gasteiger partial charge in [0.25, 0.3) is 0 Å². The molecule has 1 N–H and O–H groups in total. The van der Waals surface area contributed by atoms with Gasteiger partial charge < -0.3 is 14.7 Å². The minimum Gasteiger partial charge on any atom is -0.360 e. The zero-order chi connectivity index (χ0) is 13.8. The maximum Gasteiger partial charge on any atom is 0.245 e. The lowest BCUT2D eigenvalue weighted by molar-refractivity contribution is -0.135. The minimum atomic E-state index is -0.240. The minimum absolute atomic E-state index is 0.0785. The van der Waals surface area contributed by atoms with Crippen molar-refractivity contribution in [2.75, 3.05) is 18.4 Å². The van der Waals surface area contributed by atoms with Crippen LogP contribution in [0.15, 0.2) is 10.6 Å². The Bertz CT molecular complexity index is 465. The van der Waals surface area contributed by atoms with Crippen LogP contribution in [0.3, 0.4) is 0 Å². The normalized spacial score (nSPS) is 14.2. The van der Waals surface area contributed by atoms with Crippen molar-refractivity contribution in [1.29, 1.82) is 0 Å². The lowest BCUT2D eigenvalue weighted by Gasteiger charge is -2.21. The number of carbonyl (C=O) groups is 2. The molecule has 19 heavy (non-hydrogen) atoms. The SMILES string of the molecule is CCCN(CC(=O)Nc1cc(C)on1)C(=O)C1CC1. The first kappa shape index (κ1) is 13.6. The highest BCUT2D eigenvalue weighted by atomic mass is 16.5. The molecule has 0 unspecified atom stereocenters. The van der Waals surface area contributed by atoms with Crippen LogP contribution in [0, 0.1) is 12.8 Å². The fraction of sp³-hybridized carbons (Fsp3) is 0.615. The average Bonchev–Trinajstić information content (AvgIpc) is 3.13. The second-order valence-electron chi connectivity index (χ2n) is 4.91. The van der Waals surface area contributed by atoms with E-state index in [1.165, 1.54) is 0 Å². The topological polar surface area (TPSA) is 75.4 Å². The van der Waals surface area contributed by atoms with Crippen molar-refractivity contribution in [3.63, 3.8) is 0 Å². The molecule has 0 atom stereocenters. The molecule has 6 heteroatoms. The van der Waals surface area contributed by atoms with Crippen molar-refractivity contribution in [1.82, 2.24) is 10.1 Å². The molecular formula is C13H19N3O3. The third kappa shape index (κ3) is 3.81. The van der Waals surface area contributed by atoms with Crippen LogP contribution < -0.4 is 5.32 Å². The summed E-state index contributed by atoms with van der Waals surface area (Å²) in [6.45, 7) is 4.43. The van der Waals surface area contributed by atoms with Gasteiger partial charge in [0, 0.05) is 18.5 Å². The predicted molar refractivity (Wildman–Crippen MR) is 69.5 cm³/mol. The first-order valence-electron chi connectivity index (χ1n) is 6.62. The molecule has 1 saturated carbocycles. The summed E-state index contributed by atoms with van der Waals surface area (Å²) in [7, 11) is 0. The molecule has 104 valence electrons. The van der Waals surface area contributed by atoms with Crippen molar-refractivity contribution < 1.29 is 14.1 Å². The molecule has 0 saturated heterocycles. The van der Waals surface area contributed by atoms with E-state index < -0.39 is 0 Å². The van der Waals surface area contributed by atoms with E-state index in [2.05, 4.69) is 10.5 Å². The van der Waals surface area contributed by atoms with Crippen molar-refractivity contribution >= 4 is 17.6 Å². The number of rotatable bonds is 6. The molecule has 2 rings (SSSR count). The van der Waals surface area contributed by atoms with E-state index in [1.54, 1.807) is 17.9 Å². The Morgan fingerprint density at radius 1 is 1.53 bits per heavy atom. The molecule has 1 fully saturated rings. The van der Waals surface area contributed by atoms with Gasteiger partial charge in [0.15, 0.2) is 5.82 Å². The van der Waals surface area contributed by atoms with Crippen LogP contribution in [0.2, 0.25) is 0 Å². The molecule has 1 aromatic heterocycles. The molecule has 0 spiro atoms. The van der Waals surface area contributed by atoms with Gasteiger partial charge in [-0.1, -0.05) is 12.1 Å². The summed E-state index contributed by atoms with van der Waals surface area (Å²) in [6.07, 6.45) is 2.74. The van der Waals surface area contributed by atoms with E-state index >= 15 is 0 Å². The summed E-state index contributed by atoms with van der Waals surface area (Å²) < 4.78 is 4.87. The summed E-state index contributed by atoms with van der Waals surface area (Å²) in [4.78, 5) is 25.5. The lowest BCUT2D eigenvalue weighted by Crippen LogP contribution is -2.39. The molecule has 1 heterocycles. The molecule has 0 aliphatic heterocycles. The van der Waals surface area contributed by atoms with Gasteiger partial charge in [-0.2, -0.15) is 0 Å². The van der Waals surface area contributed by atoms with Gasteiger partial charge in [-0.05, 0) is 26.2 Å². The van der Waals surface area contributed by atoms with Gasteiger partial charge in [0.1, 0.15) is 5.76 Å². The highest BCUT2D eigenvalue weighted by Crippen LogP contribution is 2.31. The monoisotopic (exact) mass is 265 g/mol. The van der Waals surface area contributed by atoms with E-state index in [9.17, 15) is 9.59 Å². The Kier molecular flexibility index (Phi) is 4.19. The molecular weight excluding hydrogens is 246 g/mol. The number of nitrogens with zero attached hydrogens (tertiary/aromatic N) is 2. The van der Waals surface area contributed by atoms with E-state index in [0.29, 0.717) is 18.1 Å². The van der Waals surface area contributed by atoms with Gasteiger partial charge in [-0.15, -0.1) is 0 Å². The fourth-order valence-corrected chi connectivity index (χ4v) is 1.91. The van der Waals surface area contributed by atoms with Crippen LogP contribution in [0.5, 0.6) is 0 Å². The molecule has 6 nitrogen and oxygen atoms in total. The molecule has 0 aromatic carbocycles. The Balaban J connectivity index is 1.88. The summed E-state index contributed by atoms with van der Waals surface area (Å²) in [5, 5.41) is 6.32. The number of aromatic nitrogens is 1. The van der Waals surface area contributed by atoms with Crippen molar-refractivity contribution in [2.24, 2.45) is 5.92 Å². The van der Waals surface area contributed by atoms with Crippen LogP contribution in [0.25, 0.3) is 0 Å². The molecule has 1 aromatic rings. The first-order chi connectivity index (χ1) is 9.10. The summed E-state index contributed by atoms with van der Waals surface area (Å²) in [5.41, 5.74) is 0. The number of hydrogen-bond acceptors (Lipinski definition) is 4. The number of anilines is 1. The summed E-state index contributed by atoms with van der Waals surface area (Å²) >= 11 is 0. The van der Waals surface area contributed by atoms with Crippen LogP contribution in [-0.2, 0) is 9.59 Å². The second kappa shape index (κ2) is 5.86. The smallest absolute Gasteiger partial charge is 0.245 e. The number of carbonyl (C=O) groups excluding carboxylic acids is 2. The third-order valence-corrected chi connectivity index (χ3v) is 2.96. The maximum atomic E-state index is 12.0. The second-order valence-corrected chi connectivity index (χ2v) is 4.91. The Morgan fingerprint density at radius 3 is 2.79 bits per heavy atom. The van der Waals surface area contributed by atoms with Crippen LogP contribution in [0.4, 0.5) is 5.82 Å². The lowest BCUT2D eigenvalue weighted by atomic mass is 10.3. The van der Waals surface area contributed by atoms with Crippen LogP contribution >= 0.6 is 0 Å². The largest absolute Gasteiger partial charge is 0.360 e. The fourth-order valence-electron chi connectivity index (χ4n) is 1.91. The zero-order valence-corrected chi connectivity index (χ0v) is 11.3. The number of nitrogens with one attached hydrogen (secondary N) is 1. The summed E-state index contributed by atoms with van der Waals surface area (Å²) in [6, 6.07) is 1.64. The Hall–Kier alpha value is -1.85. The van der Waals surface area contributed by atoms with Crippen LogP contribution in [-0.4, -0.2) is 35.0 Å². The number of hydrogen-bond donors (Lipinski definition) is 1. The Labute approximate surface area is 112 Å². The molecule has 0 bridgehead atoms. The standard InChI is InChI=1S/C13H19N3O3/c1-3-6-16(13(18)10-4-5-10)8-12(17)14-11-7-9(2)19-15-11/h7,10H,3-6,8H2,1-2H3,(H,14,15,17). The Morgan fingerprint density at radius 2 is 2.26 bits per heavy atom. The predicted octanol–water partition coefficient (Wildman–Crippen LogP) is 1.57. The van der Waals surface area contributed by atoms with E-state index in [4.69, 9.17) is 4.52 Å². The molecule has 1 aliphatic carbocycles. The number of aryl methyl sites for hydroxylation is 1. The summed E-state index contributed by atoms with van der Waals surface area (Å²) in [5.74, 6) is 1.00. The molecule has 0 radical (unpaired) electrons. The van der Waals surface area contributed by atoms with E-state index in [1.807, 2.05) is 6.92 Å². The maximum absolute atomic E-state index is 12.0. The van der Waals surface area contributed by atoms with Crippen molar-refractivity contribution in [2.45, 2.75) is 33.1 Å². The highest BCUT2D eigenvalue weighted by Gasteiger charge is 2.33. The van der Waals surface area contributed by atoms with Gasteiger partial charge in [0.05, 0.1) is 6.54 Å².